The number of rotatable bonds is 12. The summed E-state index contributed by atoms with van der Waals surface area (Å²) in [5.41, 5.74) is -0.902. The normalized spacial score (nSPS) is 14.8. The van der Waals surface area contributed by atoms with Gasteiger partial charge in [-0.25, -0.2) is 19.2 Å². The van der Waals surface area contributed by atoms with Crippen molar-refractivity contribution in [3.8, 4) is 11.5 Å². The first kappa shape index (κ1) is 34.9. The molecule has 2 saturated carbocycles. The zero-order valence-electron chi connectivity index (χ0n) is 23.3. The van der Waals surface area contributed by atoms with E-state index in [1.165, 1.54) is 12.8 Å². The van der Waals surface area contributed by atoms with Gasteiger partial charge in [0.1, 0.15) is 11.1 Å². The lowest BCUT2D eigenvalue weighted by Crippen LogP contribution is -2.27. The van der Waals surface area contributed by atoms with Crippen molar-refractivity contribution in [2.75, 3.05) is 13.2 Å². The maximum Gasteiger partial charge on any atom is 0.423 e. The first-order chi connectivity index (χ1) is 21.0. The molecule has 0 atom stereocenters. The molecular formula is C30H28Cl6O8. The van der Waals surface area contributed by atoms with Gasteiger partial charge in [0, 0.05) is 0 Å². The van der Waals surface area contributed by atoms with E-state index < -0.39 is 46.5 Å². The Labute approximate surface area is 284 Å². The van der Waals surface area contributed by atoms with E-state index in [0.717, 1.165) is 50.7 Å². The van der Waals surface area contributed by atoms with Crippen LogP contribution in [0.25, 0.3) is 0 Å². The lowest BCUT2D eigenvalue weighted by molar-refractivity contribution is -0.156. The topological polar surface area (TPSA) is 105 Å². The Morgan fingerprint density at radius 3 is 1.27 bits per heavy atom. The van der Waals surface area contributed by atoms with Gasteiger partial charge >= 0.3 is 23.9 Å². The molecule has 14 heteroatoms. The molecule has 0 aromatic heterocycles. The van der Waals surface area contributed by atoms with Gasteiger partial charge in [0.15, 0.2) is 11.5 Å². The standard InChI is InChI=1S/C30H28Cl6O8/c31-17-13-19(33)25(21(23(17)35)27(37)41-11-3-9-15-5-1-6-15)43-29(39)30(40)44-26-20(34)14-18(32)24(36)22(26)28(38)42-12-4-10-16-7-2-8-16/h13-16H,1-12H2. The maximum absolute atomic E-state index is 12.9. The minimum atomic E-state index is -1.63. The quantitative estimate of drug-likeness (QED) is 0.0700. The summed E-state index contributed by atoms with van der Waals surface area (Å²) in [4.78, 5) is 51.6. The number of esters is 4. The molecule has 238 valence electrons. The Bertz CT molecular complexity index is 1330. The average molecular weight is 729 g/mol. The minimum Gasteiger partial charge on any atom is -0.462 e. The first-order valence-corrected chi connectivity index (χ1v) is 16.4. The van der Waals surface area contributed by atoms with Crippen LogP contribution in [0.3, 0.4) is 0 Å². The number of benzene rings is 2. The minimum absolute atomic E-state index is 0.0838. The van der Waals surface area contributed by atoms with Gasteiger partial charge in [0.2, 0.25) is 0 Å². The van der Waals surface area contributed by atoms with Crippen molar-refractivity contribution in [2.24, 2.45) is 11.8 Å². The Morgan fingerprint density at radius 1 is 0.591 bits per heavy atom. The Hall–Kier alpha value is -1.94. The van der Waals surface area contributed by atoms with E-state index in [-0.39, 0.29) is 43.3 Å². The van der Waals surface area contributed by atoms with E-state index in [9.17, 15) is 19.2 Å². The van der Waals surface area contributed by atoms with Gasteiger partial charge in [0.25, 0.3) is 0 Å². The SMILES string of the molecule is O=C(Oc1c(Cl)cc(Cl)c(Cl)c1C(=O)OCCCC1CCC1)C(=O)Oc1c(Cl)cc(Cl)c(Cl)c1C(=O)OCCCC1CCC1. The molecule has 2 fully saturated rings. The van der Waals surface area contributed by atoms with E-state index in [2.05, 4.69) is 0 Å². The third-order valence-electron chi connectivity index (χ3n) is 7.65. The van der Waals surface area contributed by atoms with Crippen molar-refractivity contribution >= 4 is 93.5 Å². The summed E-state index contributed by atoms with van der Waals surface area (Å²) < 4.78 is 20.9. The summed E-state index contributed by atoms with van der Waals surface area (Å²) in [6, 6.07) is 2.25. The van der Waals surface area contributed by atoms with Gasteiger partial charge in [-0.3, -0.25) is 0 Å². The second kappa shape index (κ2) is 16.1. The van der Waals surface area contributed by atoms with Gasteiger partial charge in [0.05, 0.1) is 43.3 Å². The predicted molar refractivity (Wildman–Crippen MR) is 168 cm³/mol. The molecule has 0 heterocycles. The van der Waals surface area contributed by atoms with Crippen LogP contribution in [0, 0.1) is 11.8 Å². The summed E-state index contributed by atoms with van der Waals surface area (Å²) in [5.74, 6) is -5.10. The molecule has 4 rings (SSSR count). The predicted octanol–water partition coefficient (Wildman–Crippen LogP) is 9.59. The highest BCUT2D eigenvalue weighted by molar-refractivity contribution is 6.47. The third kappa shape index (κ3) is 8.65. The van der Waals surface area contributed by atoms with Gasteiger partial charge < -0.3 is 18.9 Å². The highest BCUT2D eigenvalue weighted by Crippen LogP contribution is 2.42. The van der Waals surface area contributed by atoms with E-state index >= 15 is 0 Å². The fraction of sp³-hybridized carbons (Fsp3) is 0.467. The number of carbonyl (C=O) groups excluding carboxylic acids is 4. The van der Waals surface area contributed by atoms with Gasteiger partial charge in [-0.05, 0) is 49.7 Å². The fourth-order valence-electron chi connectivity index (χ4n) is 4.77. The summed E-state index contributed by atoms with van der Waals surface area (Å²) in [7, 11) is 0. The van der Waals surface area contributed by atoms with Crippen molar-refractivity contribution < 1.29 is 38.1 Å². The molecule has 44 heavy (non-hydrogen) atoms. The van der Waals surface area contributed by atoms with Crippen molar-refractivity contribution in [3.05, 3.63) is 53.4 Å². The van der Waals surface area contributed by atoms with Crippen LogP contribution in [0.4, 0.5) is 0 Å². The smallest absolute Gasteiger partial charge is 0.423 e. The Kier molecular flexibility index (Phi) is 12.7. The van der Waals surface area contributed by atoms with Crippen molar-refractivity contribution in [3.63, 3.8) is 0 Å². The molecule has 2 aromatic rings. The summed E-state index contributed by atoms with van der Waals surface area (Å²) in [6.07, 6.45) is 10.0. The lowest BCUT2D eigenvalue weighted by Gasteiger charge is -2.24. The third-order valence-corrected chi connectivity index (χ3v) is 9.78. The first-order valence-electron chi connectivity index (χ1n) is 14.1. The molecule has 2 aliphatic rings. The summed E-state index contributed by atoms with van der Waals surface area (Å²) in [5, 5.41) is -1.43. The molecule has 0 unspecified atom stereocenters. The lowest BCUT2D eigenvalue weighted by atomic mass is 9.82. The molecule has 0 N–H and O–H groups in total. The van der Waals surface area contributed by atoms with Crippen molar-refractivity contribution in [1.82, 2.24) is 0 Å². The number of carbonyl (C=O) groups is 4. The fourth-order valence-corrected chi connectivity index (χ4v) is 6.21. The van der Waals surface area contributed by atoms with Crippen LogP contribution in [0.15, 0.2) is 12.1 Å². The molecule has 8 nitrogen and oxygen atoms in total. The molecular weight excluding hydrogens is 701 g/mol. The van der Waals surface area contributed by atoms with E-state index in [4.69, 9.17) is 88.6 Å². The van der Waals surface area contributed by atoms with Crippen LogP contribution in [0.1, 0.15) is 84.9 Å². The van der Waals surface area contributed by atoms with Gasteiger partial charge in [-0.1, -0.05) is 108 Å². The van der Waals surface area contributed by atoms with Crippen molar-refractivity contribution in [2.45, 2.75) is 64.2 Å². The molecule has 0 saturated heterocycles. The molecule has 0 bridgehead atoms. The Morgan fingerprint density at radius 2 is 0.955 bits per heavy atom. The van der Waals surface area contributed by atoms with Crippen LogP contribution in [0.2, 0.25) is 30.1 Å². The zero-order chi connectivity index (χ0) is 32.0. The van der Waals surface area contributed by atoms with E-state index in [1.54, 1.807) is 0 Å². The van der Waals surface area contributed by atoms with E-state index in [0.29, 0.717) is 24.7 Å². The van der Waals surface area contributed by atoms with Crippen LogP contribution in [-0.4, -0.2) is 37.1 Å². The van der Waals surface area contributed by atoms with Crippen molar-refractivity contribution in [1.29, 1.82) is 0 Å². The van der Waals surface area contributed by atoms with E-state index in [1.807, 2.05) is 0 Å². The highest BCUT2D eigenvalue weighted by Gasteiger charge is 2.32. The van der Waals surface area contributed by atoms with Gasteiger partial charge in [-0.15, -0.1) is 0 Å². The largest absolute Gasteiger partial charge is 0.462 e. The highest BCUT2D eigenvalue weighted by atomic mass is 35.5. The second-order valence-corrected chi connectivity index (χ2v) is 13.0. The number of hydrogen-bond donors (Lipinski definition) is 0. The molecule has 0 amide bonds. The molecule has 0 radical (unpaired) electrons. The van der Waals surface area contributed by atoms with Gasteiger partial charge in [-0.2, -0.15) is 0 Å². The Balaban J connectivity index is 1.47. The second-order valence-electron chi connectivity index (χ2n) is 10.6. The van der Waals surface area contributed by atoms with Crippen LogP contribution < -0.4 is 9.47 Å². The zero-order valence-corrected chi connectivity index (χ0v) is 27.9. The number of ether oxygens (including phenoxy) is 4. The molecule has 2 aliphatic carbocycles. The van der Waals surface area contributed by atoms with Crippen LogP contribution >= 0.6 is 69.6 Å². The van der Waals surface area contributed by atoms with Crippen LogP contribution in [-0.2, 0) is 19.1 Å². The monoisotopic (exact) mass is 726 g/mol. The number of hydrogen-bond acceptors (Lipinski definition) is 8. The maximum atomic E-state index is 12.9. The number of halogens is 6. The molecule has 0 aliphatic heterocycles. The van der Waals surface area contributed by atoms with Crippen LogP contribution in [0.5, 0.6) is 11.5 Å². The molecule has 2 aromatic carbocycles. The average Bonchev–Trinajstić information content (AvgIpc) is 2.92. The summed E-state index contributed by atoms with van der Waals surface area (Å²) in [6.45, 7) is 0.168. The molecule has 0 spiro atoms. The summed E-state index contributed by atoms with van der Waals surface area (Å²) >= 11 is 37.1.